The molecule has 28 heavy (non-hydrogen) atoms. The predicted molar refractivity (Wildman–Crippen MR) is 109 cm³/mol. The third kappa shape index (κ3) is 3.61. The molecule has 0 radical (unpaired) electrons. The van der Waals surface area contributed by atoms with Crippen molar-refractivity contribution in [3.05, 3.63) is 59.5 Å². The van der Waals surface area contributed by atoms with Crippen LogP contribution in [0, 0.1) is 13.8 Å². The van der Waals surface area contributed by atoms with E-state index in [1.54, 1.807) is 0 Å². The highest BCUT2D eigenvalue weighted by Gasteiger charge is 2.30. The van der Waals surface area contributed by atoms with Crippen LogP contribution in [0.15, 0.2) is 46.9 Å². The van der Waals surface area contributed by atoms with E-state index in [1.807, 2.05) is 68.1 Å². The molecule has 2 heterocycles. The molecule has 0 bridgehead atoms. The molecule has 2 aromatic carbocycles. The van der Waals surface area contributed by atoms with E-state index < -0.39 is 6.10 Å². The largest absolute Gasteiger partial charge is 0.481 e. The highest BCUT2D eigenvalue weighted by Crippen LogP contribution is 2.30. The Hall–Kier alpha value is -2.82. The number of piperidine rings is 1. The van der Waals surface area contributed by atoms with Gasteiger partial charge in [-0.05, 0) is 62.9 Å². The number of carbonyl (C=O) groups is 1. The Labute approximate surface area is 165 Å². The van der Waals surface area contributed by atoms with Crippen molar-refractivity contribution in [2.24, 2.45) is 0 Å². The molecule has 0 unspecified atom stereocenters. The van der Waals surface area contributed by atoms with Gasteiger partial charge < -0.3 is 14.1 Å². The molecule has 1 aromatic heterocycles. The van der Waals surface area contributed by atoms with Crippen molar-refractivity contribution < 1.29 is 13.9 Å². The lowest BCUT2D eigenvalue weighted by Crippen LogP contribution is -2.44. The van der Waals surface area contributed by atoms with Crippen LogP contribution < -0.4 is 4.74 Å². The van der Waals surface area contributed by atoms with Crippen molar-refractivity contribution in [2.45, 2.75) is 45.6 Å². The third-order valence-corrected chi connectivity index (χ3v) is 5.67. The van der Waals surface area contributed by atoms with Gasteiger partial charge >= 0.3 is 0 Å². The number of ether oxygens (including phenoxy) is 1. The van der Waals surface area contributed by atoms with Crippen LogP contribution >= 0.6 is 0 Å². The first kappa shape index (κ1) is 18.5. The summed E-state index contributed by atoms with van der Waals surface area (Å²) in [6.45, 7) is 7.29. The molecule has 5 nitrogen and oxygen atoms in total. The zero-order valence-corrected chi connectivity index (χ0v) is 16.6. The Kier molecular flexibility index (Phi) is 5.07. The third-order valence-electron chi connectivity index (χ3n) is 5.67. The predicted octanol–water partition coefficient (Wildman–Crippen LogP) is 4.62. The zero-order valence-electron chi connectivity index (χ0n) is 16.6. The first-order chi connectivity index (χ1) is 13.5. The molecule has 3 aromatic rings. The van der Waals surface area contributed by atoms with Crippen LogP contribution in [0.4, 0.5) is 0 Å². The zero-order chi connectivity index (χ0) is 19.7. The molecule has 1 aliphatic rings. The van der Waals surface area contributed by atoms with Gasteiger partial charge in [-0.3, -0.25) is 4.79 Å². The number of hydrogen-bond donors (Lipinski definition) is 0. The molecule has 0 spiro atoms. The van der Waals surface area contributed by atoms with Crippen LogP contribution in [0.25, 0.3) is 11.1 Å². The van der Waals surface area contributed by atoms with E-state index in [0.29, 0.717) is 13.1 Å². The summed E-state index contributed by atoms with van der Waals surface area (Å²) in [5, 5.41) is 0. The van der Waals surface area contributed by atoms with E-state index >= 15 is 0 Å². The fraction of sp³-hybridized carbons (Fsp3) is 0.391. The molecule has 0 N–H and O–H groups in total. The quantitative estimate of drug-likeness (QED) is 0.665. The van der Waals surface area contributed by atoms with Gasteiger partial charge in [0, 0.05) is 19.0 Å². The summed E-state index contributed by atoms with van der Waals surface area (Å²) in [6.07, 6.45) is 1.21. The van der Waals surface area contributed by atoms with Gasteiger partial charge in [-0.2, -0.15) is 0 Å². The van der Waals surface area contributed by atoms with E-state index in [0.717, 1.165) is 46.7 Å². The molecule has 1 amide bonds. The van der Waals surface area contributed by atoms with Gasteiger partial charge in [-0.15, -0.1) is 0 Å². The molecule has 0 aliphatic carbocycles. The molecule has 146 valence electrons. The number of fused-ring (bicyclic) bond motifs is 1. The minimum absolute atomic E-state index is 0.0388. The molecule has 0 saturated carbocycles. The van der Waals surface area contributed by atoms with Gasteiger partial charge in [0.2, 0.25) is 0 Å². The van der Waals surface area contributed by atoms with Crippen molar-refractivity contribution in [3.8, 4) is 5.75 Å². The van der Waals surface area contributed by atoms with Gasteiger partial charge in [-0.1, -0.05) is 24.3 Å². The Balaban J connectivity index is 1.37. The van der Waals surface area contributed by atoms with Crippen LogP contribution in [0.5, 0.6) is 5.75 Å². The average molecular weight is 378 g/mol. The minimum Gasteiger partial charge on any atom is -0.481 e. The highest BCUT2D eigenvalue weighted by molar-refractivity contribution is 5.81. The van der Waals surface area contributed by atoms with E-state index in [4.69, 9.17) is 9.15 Å². The van der Waals surface area contributed by atoms with Crippen molar-refractivity contribution in [1.82, 2.24) is 9.88 Å². The van der Waals surface area contributed by atoms with E-state index in [1.165, 1.54) is 0 Å². The summed E-state index contributed by atoms with van der Waals surface area (Å²) >= 11 is 0. The Morgan fingerprint density at radius 3 is 2.64 bits per heavy atom. The standard InChI is InChI=1S/C23H26N2O3/c1-15-7-6-10-20(16(15)2)27-17(3)23(26)25-13-11-18(12-14-25)22-24-19-8-4-5-9-21(19)28-22/h4-10,17-18H,11-14H2,1-3H3/t17-/m1/s1. The minimum atomic E-state index is -0.499. The molecule has 1 fully saturated rings. The van der Waals surface area contributed by atoms with Gasteiger partial charge in [0.15, 0.2) is 17.6 Å². The number of likely N-dealkylation sites (tertiary alicyclic amines) is 1. The second-order valence-corrected chi connectivity index (χ2v) is 7.58. The first-order valence-corrected chi connectivity index (χ1v) is 9.90. The van der Waals surface area contributed by atoms with Crippen molar-refractivity contribution in [1.29, 1.82) is 0 Å². The second-order valence-electron chi connectivity index (χ2n) is 7.58. The number of carbonyl (C=O) groups excluding carboxylic acids is 1. The Morgan fingerprint density at radius 1 is 1.14 bits per heavy atom. The number of nitrogens with zero attached hydrogens (tertiary/aromatic N) is 2. The topological polar surface area (TPSA) is 55.6 Å². The number of para-hydroxylation sites is 2. The summed E-state index contributed by atoms with van der Waals surface area (Å²) < 4.78 is 11.9. The maximum atomic E-state index is 12.8. The highest BCUT2D eigenvalue weighted by atomic mass is 16.5. The van der Waals surface area contributed by atoms with Gasteiger partial charge in [0.25, 0.3) is 5.91 Å². The summed E-state index contributed by atoms with van der Waals surface area (Å²) in [5.41, 5.74) is 3.96. The molecular formula is C23H26N2O3. The maximum absolute atomic E-state index is 12.8. The number of oxazole rings is 1. The number of amides is 1. The maximum Gasteiger partial charge on any atom is 0.263 e. The number of aryl methyl sites for hydroxylation is 1. The number of rotatable bonds is 4. The van der Waals surface area contributed by atoms with Crippen LogP contribution in [-0.2, 0) is 4.79 Å². The van der Waals surface area contributed by atoms with Crippen LogP contribution in [0.3, 0.4) is 0 Å². The number of aromatic nitrogens is 1. The lowest BCUT2D eigenvalue weighted by Gasteiger charge is -2.32. The molecule has 4 rings (SSSR count). The molecule has 1 atom stereocenters. The number of benzene rings is 2. The normalized spacial score (nSPS) is 16.3. The smallest absolute Gasteiger partial charge is 0.263 e. The molecule has 1 aliphatic heterocycles. The summed E-state index contributed by atoms with van der Waals surface area (Å²) in [4.78, 5) is 19.4. The van der Waals surface area contributed by atoms with E-state index in [2.05, 4.69) is 4.98 Å². The van der Waals surface area contributed by atoms with Gasteiger partial charge in [-0.25, -0.2) is 4.98 Å². The van der Waals surface area contributed by atoms with Gasteiger partial charge in [0.05, 0.1) is 0 Å². The van der Waals surface area contributed by atoms with Crippen LogP contribution in [-0.4, -0.2) is 35.0 Å². The average Bonchev–Trinajstić information content (AvgIpc) is 3.15. The fourth-order valence-electron chi connectivity index (χ4n) is 3.76. The van der Waals surface area contributed by atoms with Crippen LogP contribution in [0.1, 0.15) is 42.7 Å². The molecular weight excluding hydrogens is 352 g/mol. The molecule has 1 saturated heterocycles. The van der Waals surface area contributed by atoms with E-state index in [9.17, 15) is 4.79 Å². The van der Waals surface area contributed by atoms with Crippen molar-refractivity contribution >= 4 is 17.0 Å². The Morgan fingerprint density at radius 2 is 1.89 bits per heavy atom. The summed E-state index contributed by atoms with van der Waals surface area (Å²) in [7, 11) is 0. The van der Waals surface area contributed by atoms with Gasteiger partial charge in [0.1, 0.15) is 11.3 Å². The summed E-state index contributed by atoms with van der Waals surface area (Å²) in [6, 6.07) is 13.8. The Bertz CT molecular complexity index is 953. The molecule has 5 heteroatoms. The monoisotopic (exact) mass is 378 g/mol. The SMILES string of the molecule is Cc1cccc(O[C@H](C)C(=O)N2CCC(c3nc4ccccc4o3)CC2)c1C. The second kappa shape index (κ2) is 7.66. The van der Waals surface area contributed by atoms with Crippen LogP contribution in [0.2, 0.25) is 0 Å². The lowest BCUT2D eigenvalue weighted by molar-refractivity contribution is -0.139. The first-order valence-electron chi connectivity index (χ1n) is 9.90. The fourth-order valence-corrected chi connectivity index (χ4v) is 3.76. The summed E-state index contributed by atoms with van der Waals surface area (Å²) in [5.74, 6) is 1.86. The van der Waals surface area contributed by atoms with Crippen molar-refractivity contribution in [3.63, 3.8) is 0 Å². The number of hydrogen-bond acceptors (Lipinski definition) is 4. The van der Waals surface area contributed by atoms with Crippen molar-refractivity contribution in [2.75, 3.05) is 13.1 Å². The van der Waals surface area contributed by atoms with E-state index in [-0.39, 0.29) is 11.8 Å². The lowest BCUT2D eigenvalue weighted by atomic mass is 9.96.